The van der Waals surface area contributed by atoms with Crippen molar-refractivity contribution in [2.24, 2.45) is 0 Å². The minimum absolute atomic E-state index is 0.157. The molecule has 1 saturated heterocycles. The lowest BCUT2D eigenvalue weighted by Gasteiger charge is -2.33. The highest BCUT2D eigenvalue weighted by Gasteiger charge is 2.28. The molecule has 0 spiro atoms. The van der Waals surface area contributed by atoms with Gasteiger partial charge in [-0.05, 0) is 43.3 Å². The molecule has 178 valence electrons. The largest absolute Gasteiger partial charge is 0.493 e. The van der Waals surface area contributed by atoms with E-state index in [9.17, 15) is 13.2 Å². The number of sulfonamides is 1. The van der Waals surface area contributed by atoms with E-state index in [0.29, 0.717) is 55.3 Å². The number of carbonyl (C=O) groups excluding carboxylic acids is 1. The highest BCUT2D eigenvalue weighted by Crippen LogP contribution is 2.33. The number of nitrogens with one attached hydrogen (secondary N) is 1. The molecule has 1 aliphatic heterocycles. The number of likely N-dealkylation sites (N-methyl/N-ethyl adjacent to an activating group) is 1. The third-order valence-corrected chi connectivity index (χ3v) is 7.59. The van der Waals surface area contributed by atoms with Crippen molar-refractivity contribution in [1.29, 1.82) is 0 Å². The first-order chi connectivity index (χ1) is 15.8. The Hall–Kier alpha value is -2.88. The van der Waals surface area contributed by atoms with E-state index in [0.717, 1.165) is 12.1 Å². The minimum atomic E-state index is -3.64. The highest BCUT2D eigenvalue weighted by atomic mass is 32.2. The Morgan fingerprint density at radius 2 is 1.85 bits per heavy atom. The Labute approximate surface area is 195 Å². The van der Waals surface area contributed by atoms with Gasteiger partial charge >= 0.3 is 0 Å². The number of hydrogen-bond donors (Lipinski definition) is 1. The zero-order chi connectivity index (χ0) is 24.0. The van der Waals surface area contributed by atoms with Crippen LogP contribution in [0.3, 0.4) is 0 Å². The molecule has 1 N–H and O–H groups in total. The van der Waals surface area contributed by atoms with Crippen molar-refractivity contribution < 1.29 is 22.7 Å². The molecule has 0 atom stereocenters. The van der Waals surface area contributed by atoms with Crippen LogP contribution in [-0.2, 0) is 16.4 Å². The summed E-state index contributed by atoms with van der Waals surface area (Å²) in [6.07, 6.45) is 2.22. The number of piperazine rings is 1. The summed E-state index contributed by atoms with van der Waals surface area (Å²) in [6, 6.07) is 9.64. The van der Waals surface area contributed by atoms with Gasteiger partial charge in [-0.15, -0.1) is 6.58 Å². The topological polar surface area (TPSA) is 88.2 Å². The first kappa shape index (κ1) is 24.8. The first-order valence-corrected chi connectivity index (χ1v) is 12.3. The van der Waals surface area contributed by atoms with E-state index in [1.54, 1.807) is 36.4 Å². The molecule has 0 unspecified atom stereocenters. The molecule has 0 radical (unpaired) electrons. The maximum absolute atomic E-state index is 13.1. The van der Waals surface area contributed by atoms with Gasteiger partial charge in [0.1, 0.15) is 0 Å². The lowest BCUT2D eigenvalue weighted by atomic mass is 10.0. The Bertz CT molecular complexity index is 1110. The Morgan fingerprint density at radius 1 is 1.12 bits per heavy atom. The second kappa shape index (κ2) is 10.8. The van der Waals surface area contributed by atoms with E-state index in [4.69, 9.17) is 9.47 Å². The standard InChI is InChI=1S/C24H31N3O5S/c1-5-8-18-15-19(16-22(31-3)23(18)32-4)24(28)25-20-9-7-10-21(17-20)33(29,30)27-13-11-26(6-2)12-14-27/h5,7,9-10,15-17H,1,6,8,11-14H2,2-4H3,(H,25,28). The van der Waals surface area contributed by atoms with Crippen LogP contribution in [0.25, 0.3) is 0 Å². The van der Waals surface area contributed by atoms with Gasteiger partial charge in [0, 0.05) is 43.0 Å². The molecule has 1 amide bonds. The van der Waals surface area contributed by atoms with Crippen molar-refractivity contribution >= 4 is 21.6 Å². The molecule has 2 aromatic carbocycles. The summed E-state index contributed by atoms with van der Waals surface area (Å²) in [7, 11) is -0.597. The van der Waals surface area contributed by atoms with Gasteiger partial charge in [-0.3, -0.25) is 4.79 Å². The van der Waals surface area contributed by atoms with Crippen LogP contribution in [0.15, 0.2) is 53.9 Å². The van der Waals surface area contributed by atoms with Gasteiger partial charge in [-0.2, -0.15) is 4.31 Å². The van der Waals surface area contributed by atoms with Crippen molar-refractivity contribution in [3.63, 3.8) is 0 Å². The molecule has 1 fully saturated rings. The van der Waals surface area contributed by atoms with Crippen LogP contribution in [0.2, 0.25) is 0 Å². The molecule has 0 aromatic heterocycles. The second-order valence-electron chi connectivity index (χ2n) is 7.68. The fraction of sp³-hybridized carbons (Fsp3) is 0.375. The molecule has 1 heterocycles. The van der Waals surface area contributed by atoms with Crippen LogP contribution in [0.1, 0.15) is 22.8 Å². The molecule has 8 nitrogen and oxygen atoms in total. The average molecular weight is 474 g/mol. The normalized spacial score (nSPS) is 15.1. The summed E-state index contributed by atoms with van der Waals surface area (Å²) in [5.41, 5.74) is 1.53. The van der Waals surface area contributed by atoms with Crippen molar-refractivity contribution in [3.05, 3.63) is 60.2 Å². The number of nitrogens with zero attached hydrogens (tertiary/aromatic N) is 2. The van der Waals surface area contributed by atoms with Crippen LogP contribution in [0, 0.1) is 0 Å². The molecule has 3 rings (SSSR count). The van der Waals surface area contributed by atoms with Crippen molar-refractivity contribution in [2.45, 2.75) is 18.2 Å². The molecule has 33 heavy (non-hydrogen) atoms. The van der Waals surface area contributed by atoms with Crippen molar-refractivity contribution in [3.8, 4) is 11.5 Å². The van der Waals surface area contributed by atoms with Crippen LogP contribution in [0.5, 0.6) is 11.5 Å². The van der Waals surface area contributed by atoms with Gasteiger partial charge < -0.3 is 19.7 Å². The number of amides is 1. The van der Waals surface area contributed by atoms with Gasteiger partial charge in [0.2, 0.25) is 10.0 Å². The number of hydrogen-bond acceptors (Lipinski definition) is 6. The number of carbonyl (C=O) groups is 1. The number of ether oxygens (including phenoxy) is 2. The monoisotopic (exact) mass is 473 g/mol. The number of benzene rings is 2. The smallest absolute Gasteiger partial charge is 0.255 e. The van der Waals surface area contributed by atoms with Crippen LogP contribution in [0.4, 0.5) is 5.69 Å². The maximum atomic E-state index is 13.1. The molecule has 2 aromatic rings. The molecule has 1 aliphatic rings. The van der Waals surface area contributed by atoms with Crippen LogP contribution in [-0.4, -0.2) is 70.5 Å². The lowest BCUT2D eigenvalue weighted by Crippen LogP contribution is -2.48. The third kappa shape index (κ3) is 5.55. The SMILES string of the molecule is C=CCc1cc(C(=O)Nc2cccc(S(=O)(=O)N3CCN(CC)CC3)c2)cc(OC)c1OC. The van der Waals surface area contributed by atoms with E-state index >= 15 is 0 Å². The molecule has 0 saturated carbocycles. The molecule has 0 aliphatic carbocycles. The van der Waals surface area contributed by atoms with Gasteiger partial charge in [0.25, 0.3) is 5.91 Å². The van der Waals surface area contributed by atoms with Crippen LogP contribution >= 0.6 is 0 Å². The predicted octanol–water partition coefficient (Wildman–Crippen LogP) is 3.01. The summed E-state index contributed by atoms with van der Waals surface area (Å²) in [5, 5.41) is 2.80. The number of methoxy groups -OCH3 is 2. The van der Waals surface area contributed by atoms with E-state index in [1.165, 1.54) is 24.6 Å². The van der Waals surface area contributed by atoms with Gasteiger partial charge in [0.15, 0.2) is 11.5 Å². The quantitative estimate of drug-likeness (QED) is 0.564. The Kier molecular flexibility index (Phi) is 8.12. The average Bonchev–Trinajstić information content (AvgIpc) is 2.83. The number of anilines is 1. The van der Waals surface area contributed by atoms with E-state index in [-0.39, 0.29) is 10.8 Å². The fourth-order valence-electron chi connectivity index (χ4n) is 3.85. The van der Waals surface area contributed by atoms with Gasteiger partial charge in [-0.1, -0.05) is 19.1 Å². The van der Waals surface area contributed by atoms with Gasteiger partial charge in [0.05, 0.1) is 19.1 Å². The highest BCUT2D eigenvalue weighted by molar-refractivity contribution is 7.89. The predicted molar refractivity (Wildman–Crippen MR) is 129 cm³/mol. The number of allylic oxidation sites excluding steroid dienone is 1. The summed E-state index contributed by atoms with van der Waals surface area (Å²) in [6.45, 7) is 9.03. The van der Waals surface area contributed by atoms with E-state index < -0.39 is 10.0 Å². The first-order valence-electron chi connectivity index (χ1n) is 10.8. The van der Waals surface area contributed by atoms with Crippen LogP contribution < -0.4 is 14.8 Å². The zero-order valence-electron chi connectivity index (χ0n) is 19.3. The minimum Gasteiger partial charge on any atom is -0.493 e. The Morgan fingerprint density at radius 3 is 2.45 bits per heavy atom. The lowest BCUT2D eigenvalue weighted by molar-refractivity contribution is 0.102. The van der Waals surface area contributed by atoms with Crippen molar-refractivity contribution in [2.75, 3.05) is 52.3 Å². The molecular weight excluding hydrogens is 442 g/mol. The van der Waals surface area contributed by atoms with Gasteiger partial charge in [-0.25, -0.2) is 8.42 Å². The summed E-state index contributed by atoms with van der Waals surface area (Å²) >= 11 is 0. The molecule has 0 bridgehead atoms. The second-order valence-corrected chi connectivity index (χ2v) is 9.62. The summed E-state index contributed by atoms with van der Waals surface area (Å²) < 4.78 is 38.5. The fourth-order valence-corrected chi connectivity index (χ4v) is 5.32. The van der Waals surface area contributed by atoms with E-state index in [2.05, 4.69) is 23.7 Å². The van der Waals surface area contributed by atoms with Crippen molar-refractivity contribution in [1.82, 2.24) is 9.21 Å². The summed E-state index contributed by atoms with van der Waals surface area (Å²) in [5.74, 6) is 0.599. The summed E-state index contributed by atoms with van der Waals surface area (Å²) in [4.78, 5) is 15.3. The maximum Gasteiger partial charge on any atom is 0.255 e. The third-order valence-electron chi connectivity index (χ3n) is 5.69. The number of rotatable bonds is 9. The van der Waals surface area contributed by atoms with E-state index in [1.807, 2.05) is 0 Å². The Balaban J connectivity index is 1.82. The molecular formula is C24H31N3O5S. The molecule has 9 heteroatoms. The zero-order valence-corrected chi connectivity index (χ0v) is 20.2.